The van der Waals surface area contributed by atoms with E-state index in [0.29, 0.717) is 5.56 Å². The molecule has 0 aliphatic rings. The number of hydrogen-bond donors (Lipinski definition) is 2. The quantitative estimate of drug-likeness (QED) is 0.717. The Morgan fingerprint density at radius 1 is 1.31 bits per heavy atom. The van der Waals surface area contributed by atoms with Gasteiger partial charge in [-0.25, -0.2) is 4.79 Å². The van der Waals surface area contributed by atoms with E-state index in [-0.39, 0.29) is 19.0 Å². The van der Waals surface area contributed by atoms with Crippen molar-refractivity contribution in [2.75, 3.05) is 20.3 Å². The van der Waals surface area contributed by atoms with Crippen LogP contribution in [0.1, 0.15) is 10.4 Å². The van der Waals surface area contributed by atoms with E-state index in [2.05, 4.69) is 4.74 Å². The first-order valence-electron chi connectivity index (χ1n) is 4.76. The third-order valence-corrected chi connectivity index (χ3v) is 1.87. The Kier molecular flexibility index (Phi) is 4.75. The van der Waals surface area contributed by atoms with E-state index in [9.17, 15) is 9.90 Å². The predicted molar refractivity (Wildman–Crippen MR) is 56.3 cm³/mol. The molecule has 0 bridgehead atoms. The summed E-state index contributed by atoms with van der Waals surface area (Å²) in [4.78, 5) is 11.4. The van der Waals surface area contributed by atoms with Gasteiger partial charge in [0.25, 0.3) is 0 Å². The maximum atomic E-state index is 11.4. The molecule has 1 atom stereocenters. The zero-order valence-corrected chi connectivity index (χ0v) is 8.92. The first-order chi connectivity index (χ1) is 7.63. The lowest BCUT2D eigenvalue weighted by Crippen LogP contribution is -2.23. The lowest BCUT2D eigenvalue weighted by molar-refractivity contribution is 0.000141. The number of phenolic OH excluding ortho intramolecular Hbond substituents is 1. The molecule has 0 aliphatic carbocycles. The number of aromatic hydroxyl groups is 1. The van der Waals surface area contributed by atoms with Crippen molar-refractivity contribution in [1.29, 1.82) is 0 Å². The molecule has 2 N–H and O–H groups in total. The van der Waals surface area contributed by atoms with Gasteiger partial charge in [0.1, 0.15) is 18.5 Å². The molecule has 1 aromatic carbocycles. The van der Waals surface area contributed by atoms with Crippen molar-refractivity contribution >= 4 is 5.97 Å². The monoisotopic (exact) mass is 226 g/mol. The molecule has 1 unspecified atom stereocenters. The third-order valence-electron chi connectivity index (χ3n) is 1.87. The van der Waals surface area contributed by atoms with Gasteiger partial charge in [0.2, 0.25) is 0 Å². The van der Waals surface area contributed by atoms with Gasteiger partial charge >= 0.3 is 5.97 Å². The summed E-state index contributed by atoms with van der Waals surface area (Å²) in [7, 11) is 1.45. The Bertz CT molecular complexity index is 333. The summed E-state index contributed by atoms with van der Waals surface area (Å²) in [6, 6.07) is 5.67. The van der Waals surface area contributed by atoms with Crippen molar-refractivity contribution in [2.45, 2.75) is 6.10 Å². The van der Waals surface area contributed by atoms with Crippen LogP contribution in [0.2, 0.25) is 0 Å². The molecule has 5 heteroatoms. The summed E-state index contributed by atoms with van der Waals surface area (Å²) >= 11 is 0. The Morgan fingerprint density at radius 2 is 1.94 bits per heavy atom. The maximum Gasteiger partial charge on any atom is 0.338 e. The molecular weight excluding hydrogens is 212 g/mol. The van der Waals surface area contributed by atoms with E-state index in [1.165, 1.54) is 31.4 Å². The molecule has 0 saturated carbocycles. The fourth-order valence-corrected chi connectivity index (χ4v) is 1.09. The van der Waals surface area contributed by atoms with E-state index < -0.39 is 12.1 Å². The van der Waals surface area contributed by atoms with Gasteiger partial charge in [-0.15, -0.1) is 0 Å². The van der Waals surface area contributed by atoms with Crippen molar-refractivity contribution in [3.8, 4) is 5.75 Å². The molecule has 16 heavy (non-hydrogen) atoms. The maximum absolute atomic E-state index is 11.4. The summed E-state index contributed by atoms with van der Waals surface area (Å²) in [6.07, 6.45) is -0.828. The van der Waals surface area contributed by atoms with Crippen LogP contribution in [0.4, 0.5) is 0 Å². The van der Waals surface area contributed by atoms with Crippen molar-refractivity contribution < 1.29 is 24.5 Å². The molecule has 0 fully saturated rings. The van der Waals surface area contributed by atoms with Crippen LogP contribution in [0.25, 0.3) is 0 Å². The largest absolute Gasteiger partial charge is 0.508 e. The summed E-state index contributed by atoms with van der Waals surface area (Å²) in [5, 5.41) is 18.3. The molecule has 0 saturated heterocycles. The lowest BCUT2D eigenvalue weighted by atomic mass is 10.2. The van der Waals surface area contributed by atoms with Gasteiger partial charge in [-0.05, 0) is 24.3 Å². The molecular formula is C11H14O5. The standard InChI is InChI=1S/C11H14O5/c1-15-6-10(13)7-16-11(14)8-2-4-9(12)5-3-8/h2-5,10,12-13H,6-7H2,1H3. The van der Waals surface area contributed by atoms with Crippen LogP contribution in [-0.2, 0) is 9.47 Å². The van der Waals surface area contributed by atoms with Gasteiger partial charge in [-0.3, -0.25) is 0 Å². The highest BCUT2D eigenvalue weighted by molar-refractivity contribution is 5.89. The molecule has 0 amide bonds. The molecule has 0 radical (unpaired) electrons. The number of carbonyl (C=O) groups excluding carboxylic acids is 1. The highest BCUT2D eigenvalue weighted by Crippen LogP contribution is 2.10. The number of esters is 1. The van der Waals surface area contributed by atoms with Crippen LogP contribution in [-0.4, -0.2) is 42.6 Å². The Hall–Kier alpha value is -1.59. The first kappa shape index (κ1) is 12.5. The van der Waals surface area contributed by atoms with Crippen LogP contribution in [0.15, 0.2) is 24.3 Å². The SMILES string of the molecule is COCC(O)COC(=O)c1ccc(O)cc1. The van der Waals surface area contributed by atoms with Crippen LogP contribution >= 0.6 is 0 Å². The average molecular weight is 226 g/mol. The van der Waals surface area contributed by atoms with Crippen molar-refractivity contribution in [1.82, 2.24) is 0 Å². The molecule has 0 heterocycles. The van der Waals surface area contributed by atoms with Crippen LogP contribution in [0.3, 0.4) is 0 Å². The summed E-state index contributed by atoms with van der Waals surface area (Å²) < 4.78 is 9.51. The zero-order chi connectivity index (χ0) is 12.0. The fourth-order valence-electron chi connectivity index (χ4n) is 1.09. The first-order valence-corrected chi connectivity index (χ1v) is 4.76. The van der Waals surface area contributed by atoms with E-state index in [0.717, 1.165) is 0 Å². The van der Waals surface area contributed by atoms with Gasteiger partial charge in [0.15, 0.2) is 0 Å². The minimum Gasteiger partial charge on any atom is -0.508 e. The number of hydrogen-bond acceptors (Lipinski definition) is 5. The van der Waals surface area contributed by atoms with Crippen LogP contribution in [0.5, 0.6) is 5.75 Å². The molecule has 1 aromatic rings. The second-order valence-electron chi connectivity index (χ2n) is 3.25. The van der Waals surface area contributed by atoms with Gasteiger partial charge in [-0.2, -0.15) is 0 Å². The van der Waals surface area contributed by atoms with E-state index in [1.807, 2.05) is 0 Å². The van der Waals surface area contributed by atoms with Crippen molar-refractivity contribution in [2.24, 2.45) is 0 Å². The summed E-state index contributed by atoms with van der Waals surface area (Å²) in [5.41, 5.74) is 0.322. The molecule has 0 aliphatic heterocycles. The smallest absolute Gasteiger partial charge is 0.338 e. The number of aliphatic hydroxyl groups excluding tert-OH is 1. The van der Waals surface area contributed by atoms with Crippen molar-refractivity contribution in [3.63, 3.8) is 0 Å². The Balaban J connectivity index is 2.43. The number of carbonyl (C=O) groups is 1. The van der Waals surface area contributed by atoms with Gasteiger partial charge in [0.05, 0.1) is 12.2 Å². The number of methoxy groups -OCH3 is 1. The highest BCUT2D eigenvalue weighted by Gasteiger charge is 2.10. The molecule has 0 spiro atoms. The second-order valence-corrected chi connectivity index (χ2v) is 3.25. The molecule has 0 aromatic heterocycles. The number of benzene rings is 1. The number of ether oxygens (including phenoxy) is 2. The highest BCUT2D eigenvalue weighted by atomic mass is 16.5. The summed E-state index contributed by atoms with van der Waals surface area (Å²) in [6.45, 7) is -0.00356. The number of rotatable bonds is 5. The number of aliphatic hydroxyl groups is 1. The topological polar surface area (TPSA) is 76.0 Å². The predicted octanol–water partition coefficient (Wildman–Crippen LogP) is 0.556. The molecule has 5 nitrogen and oxygen atoms in total. The lowest BCUT2D eigenvalue weighted by Gasteiger charge is -2.10. The van der Waals surface area contributed by atoms with E-state index in [1.54, 1.807) is 0 Å². The minimum atomic E-state index is -0.828. The van der Waals surface area contributed by atoms with E-state index >= 15 is 0 Å². The minimum absolute atomic E-state index is 0.0796. The third kappa shape index (κ3) is 3.88. The van der Waals surface area contributed by atoms with Gasteiger partial charge in [0, 0.05) is 7.11 Å². The molecule has 88 valence electrons. The summed E-state index contributed by atoms with van der Waals surface area (Å²) in [5.74, 6) is -0.467. The second kappa shape index (κ2) is 6.09. The average Bonchev–Trinajstić information content (AvgIpc) is 2.27. The fraction of sp³-hybridized carbons (Fsp3) is 0.364. The normalized spacial score (nSPS) is 12.1. The van der Waals surface area contributed by atoms with Crippen molar-refractivity contribution in [3.05, 3.63) is 29.8 Å². The van der Waals surface area contributed by atoms with Crippen LogP contribution < -0.4 is 0 Å². The Morgan fingerprint density at radius 3 is 2.50 bits per heavy atom. The zero-order valence-electron chi connectivity index (χ0n) is 8.92. The Labute approximate surface area is 93.2 Å². The molecule has 1 rings (SSSR count). The van der Waals surface area contributed by atoms with Gasteiger partial charge in [-0.1, -0.05) is 0 Å². The van der Waals surface area contributed by atoms with E-state index in [4.69, 9.17) is 9.84 Å². The van der Waals surface area contributed by atoms with Gasteiger partial charge < -0.3 is 19.7 Å². The number of phenols is 1. The van der Waals surface area contributed by atoms with Crippen LogP contribution in [0, 0.1) is 0 Å².